The Balaban J connectivity index is 2.06. The molecular weight excluding hydrogens is 216 g/mol. The number of alkyl halides is 1. The summed E-state index contributed by atoms with van der Waals surface area (Å²) >= 11 is 7.82. The average Bonchev–Trinajstić information content (AvgIpc) is 2.72. The van der Waals surface area contributed by atoms with Crippen LogP contribution in [-0.4, -0.2) is 9.97 Å². The highest BCUT2D eigenvalue weighted by Gasteiger charge is 2.09. The molecule has 0 fully saturated rings. The van der Waals surface area contributed by atoms with Gasteiger partial charge in [-0.2, -0.15) is 0 Å². The molecular formula is C10H9ClN2S. The van der Waals surface area contributed by atoms with Gasteiger partial charge in [-0.25, -0.2) is 0 Å². The summed E-state index contributed by atoms with van der Waals surface area (Å²) in [5.41, 5.74) is 3.01. The van der Waals surface area contributed by atoms with Crippen LogP contribution < -0.4 is 0 Å². The van der Waals surface area contributed by atoms with Gasteiger partial charge in [0.1, 0.15) is 0 Å². The minimum atomic E-state index is 0.0184. The van der Waals surface area contributed by atoms with Crippen LogP contribution in [0.15, 0.2) is 36.2 Å². The van der Waals surface area contributed by atoms with Crippen molar-refractivity contribution in [3.8, 4) is 0 Å². The zero-order chi connectivity index (χ0) is 9.80. The van der Waals surface area contributed by atoms with Crippen molar-refractivity contribution >= 4 is 22.9 Å². The second kappa shape index (κ2) is 4.53. The van der Waals surface area contributed by atoms with Gasteiger partial charge in [0, 0.05) is 23.5 Å². The first-order valence-corrected chi connectivity index (χ1v) is 5.59. The number of nitrogens with zero attached hydrogens (tertiary/aromatic N) is 2. The zero-order valence-electron chi connectivity index (χ0n) is 7.43. The number of hydrogen-bond acceptors (Lipinski definition) is 3. The monoisotopic (exact) mass is 224 g/mol. The number of aromatic nitrogens is 2. The Bertz CT molecular complexity index is 374. The molecule has 0 spiro atoms. The van der Waals surface area contributed by atoms with E-state index in [0.29, 0.717) is 0 Å². The highest BCUT2D eigenvalue weighted by Crippen LogP contribution is 2.27. The summed E-state index contributed by atoms with van der Waals surface area (Å²) in [7, 11) is 0. The van der Waals surface area contributed by atoms with E-state index in [1.54, 1.807) is 29.2 Å². The Morgan fingerprint density at radius 1 is 1.29 bits per heavy atom. The third-order valence-electron chi connectivity index (χ3n) is 1.92. The summed E-state index contributed by atoms with van der Waals surface area (Å²) in [6.45, 7) is 0. The van der Waals surface area contributed by atoms with E-state index in [1.165, 1.54) is 5.56 Å². The van der Waals surface area contributed by atoms with Crippen molar-refractivity contribution in [3.05, 3.63) is 46.7 Å². The van der Waals surface area contributed by atoms with Crippen molar-refractivity contribution in [2.24, 2.45) is 0 Å². The van der Waals surface area contributed by atoms with Crippen LogP contribution in [0, 0.1) is 0 Å². The molecule has 2 rings (SSSR count). The molecule has 0 N–H and O–H groups in total. The second-order valence-electron chi connectivity index (χ2n) is 2.93. The third kappa shape index (κ3) is 2.30. The lowest BCUT2D eigenvalue weighted by Gasteiger charge is -2.05. The van der Waals surface area contributed by atoms with E-state index in [1.807, 2.05) is 18.3 Å². The molecule has 2 aromatic rings. The van der Waals surface area contributed by atoms with Crippen LogP contribution in [-0.2, 0) is 6.42 Å². The maximum Gasteiger partial charge on any atom is 0.0794 e. The van der Waals surface area contributed by atoms with E-state index in [-0.39, 0.29) is 5.38 Å². The molecule has 1 unspecified atom stereocenters. The van der Waals surface area contributed by atoms with Gasteiger partial charge >= 0.3 is 0 Å². The molecule has 0 saturated carbocycles. The van der Waals surface area contributed by atoms with Crippen molar-refractivity contribution in [1.29, 1.82) is 0 Å². The minimum absolute atomic E-state index is 0.0184. The molecule has 4 heteroatoms. The van der Waals surface area contributed by atoms with Crippen LogP contribution >= 0.6 is 22.9 Å². The smallest absolute Gasteiger partial charge is 0.0794 e. The molecule has 0 aliphatic heterocycles. The Labute approximate surface area is 91.6 Å². The predicted molar refractivity (Wildman–Crippen MR) is 58.6 cm³/mol. The molecule has 72 valence electrons. The Hall–Kier alpha value is -0.930. The van der Waals surface area contributed by atoms with E-state index in [0.717, 1.165) is 11.3 Å². The van der Waals surface area contributed by atoms with Gasteiger partial charge in [-0.3, -0.25) is 9.97 Å². The lowest BCUT2D eigenvalue weighted by atomic mass is 10.1. The van der Waals surface area contributed by atoms with Gasteiger partial charge in [-0.05, 0) is 24.1 Å². The Kier molecular flexibility index (Phi) is 3.11. The van der Waals surface area contributed by atoms with E-state index in [4.69, 9.17) is 11.6 Å². The largest absolute Gasteiger partial charge is 0.265 e. The van der Waals surface area contributed by atoms with E-state index in [2.05, 4.69) is 9.97 Å². The lowest BCUT2D eigenvalue weighted by Crippen LogP contribution is -1.93. The summed E-state index contributed by atoms with van der Waals surface area (Å²) in [5.74, 6) is 0. The maximum atomic E-state index is 6.23. The quantitative estimate of drug-likeness (QED) is 0.749. The first kappa shape index (κ1) is 9.62. The van der Waals surface area contributed by atoms with E-state index < -0.39 is 0 Å². The maximum absolute atomic E-state index is 6.23. The topological polar surface area (TPSA) is 25.8 Å². The van der Waals surface area contributed by atoms with Crippen LogP contribution in [0.4, 0.5) is 0 Å². The van der Waals surface area contributed by atoms with Crippen molar-refractivity contribution in [1.82, 2.24) is 9.97 Å². The van der Waals surface area contributed by atoms with E-state index >= 15 is 0 Å². The van der Waals surface area contributed by atoms with E-state index in [9.17, 15) is 0 Å². The average molecular weight is 225 g/mol. The predicted octanol–water partition coefficient (Wildman–Crippen LogP) is 3.06. The molecule has 0 amide bonds. The van der Waals surface area contributed by atoms with Crippen LogP contribution in [0.25, 0.3) is 0 Å². The molecule has 0 radical (unpaired) electrons. The van der Waals surface area contributed by atoms with Gasteiger partial charge in [0.05, 0.1) is 10.9 Å². The Morgan fingerprint density at radius 3 is 2.71 bits per heavy atom. The van der Waals surface area contributed by atoms with Crippen molar-refractivity contribution in [2.75, 3.05) is 0 Å². The zero-order valence-corrected chi connectivity index (χ0v) is 9.00. The third-order valence-corrected chi connectivity index (χ3v) is 3.33. The van der Waals surface area contributed by atoms with Crippen LogP contribution in [0.5, 0.6) is 0 Å². The fraction of sp³-hybridized carbons (Fsp3) is 0.200. The highest BCUT2D eigenvalue weighted by molar-refractivity contribution is 7.09. The SMILES string of the molecule is ClC(Cc1ccncc1)c1cncs1. The van der Waals surface area contributed by atoms with Gasteiger partial charge in [0.25, 0.3) is 0 Å². The van der Waals surface area contributed by atoms with Crippen LogP contribution in [0.3, 0.4) is 0 Å². The molecule has 2 heterocycles. The molecule has 14 heavy (non-hydrogen) atoms. The van der Waals surface area contributed by atoms with Crippen LogP contribution in [0.1, 0.15) is 15.8 Å². The van der Waals surface area contributed by atoms with Crippen LogP contribution in [0.2, 0.25) is 0 Å². The van der Waals surface area contributed by atoms with Gasteiger partial charge in [0.2, 0.25) is 0 Å². The number of rotatable bonds is 3. The molecule has 0 aliphatic rings. The molecule has 2 nitrogen and oxygen atoms in total. The molecule has 0 saturated heterocycles. The summed E-state index contributed by atoms with van der Waals surface area (Å²) in [6, 6.07) is 3.97. The number of hydrogen-bond donors (Lipinski definition) is 0. The first-order chi connectivity index (χ1) is 6.86. The standard InChI is InChI=1S/C10H9ClN2S/c11-9(10-6-13-7-14-10)5-8-1-3-12-4-2-8/h1-4,6-7,9H,5H2. The van der Waals surface area contributed by atoms with Gasteiger partial charge in [-0.1, -0.05) is 0 Å². The fourth-order valence-corrected chi connectivity index (χ4v) is 2.19. The number of halogens is 1. The van der Waals surface area contributed by atoms with Crippen molar-refractivity contribution < 1.29 is 0 Å². The molecule has 0 aromatic carbocycles. The number of pyridine rings is 1. The summed E-state index contributed by atoms with van der Waals surface area (Å²) in [6.07, 6.45) is 6.22. The van der Waals surface area contributed by atoms with Crippen molar-refractivity contribution in [3.63, 3.8) is 0 Å². The summed E-state index contributed by atoms with van der Waals surface area (Å²) in [5, 5.41) is 0.0184. The fourth-order valence-electron chi connectivity index (χ4n) is 1.21. The van der Waals surface area contributed by atoms with Crippen molar-refractivity contribution in [2.45, 2.75) is 11.8 Å². The first-order valence-electron chi connectivity index (χ1n) is 4.27. The molecule has 1 atom stereocenters. The lowest BCUT2D eigenvalue weighted by molar-refractivity contribution is 0.932. The second-order valence-corrected chi connectivity index (χ2v) is 4.38. The molecule has 2 aromatic heterocycles. The molecule has 0 aliphatic carbocycles. The van der Waals surface area contributed by atoms with Gasteiger partial charge in [-0.15, -0.1) is 22.9 Å². The highest BCUT2D eigenvalue weighted by atomic mass is 35.5. The van der Waals surface area contributed by atoms with Gasteiger partial charge in [0.15, 0.2) is 0 Å². The minimum Gasteiger partial charge on any atom is -0.265 e. The summed E-state index contributed by atoms with van der Waals surface area (Å²) in [4.78, 5) is 9.08. The Morgan fingerprint density at radius 2 is 2.07 bits per heavy atom. The normalized spacial score (nSPS) is 12.6. The number of thiazole rings is 1. The summed E-state index contributed by atoms with van der Waals surface area (Å²) < 4.78 is 0. The molecule has 0 bridgehead atoms. The van der Waals surface area contributed by atoms with Gasteiger partial charge < -0.3 is 0 Å².